The van der Waals surface area contributed by atoms with E-state index in [1.807, 2.05) is 48.7 Å². The van der Waals surface area contributed by atoms with Crippen LogP contribution in [0.25, 0.3) is 28.1 Å². The standard InChI is InChI=1S/C30H30N8O4/c1-18-4-10-25(37-17-31-35-36-37)24(14-18)21-15-23-9-11-26(38(23)27(39)16-21)29-32-19(2)28(34-29)20-5-7-22(8-6-20)33-30(40)42-13-12-41-3/h4-8,10,14-17,26H,9,11-13H2,1-3H3,(H,32,34)(H,33,40)/t26-/m0/s1. The van der Waals surface area contributed by atoms with Crippen LogP contribution in [0.1, 0.15) is 35.2 Å². The average Bonchev–Trinajstić information content (AvgIpc) is 3.74. The highest BCUT2D eigenvalue weighted by molar-refractivity contribution is 5.85. The molecule has 1 amide bonds. The molecule has 4 heterocycles. The molecule has 1 aliphatic heterocycles. The summed E-state index contributed by atoms with van der Waals surface area (Å²) in [6.07, 6.45) is 2.51. The van der Waals surface area contributed by atoms with Gasteiger partial charge in [0.25, 0.3) is 5.56 Å². The van der Waals surface area contributed by atoms with Crippen LogP contribution in [0.5, 0.6) is 0 Å². The maximum Gasteiger partial charge on any atom is 0.411 e. The Hall–Kier alpha value is -5.10. The van der Waals surface area contributed by atoms with Crippen LogP contribution in [0.15, 0.2) is 65.7 Å². The van der Waals surface area contributed by atoms with Crippen molar-refractivity contribution in [1.82, 2.24) is 34.7 Å². The molecule has 214 valence electrons. The SMILES string of the molecule is COCCOC(=O)Nc1ccc(-c2nc([C@@H]3CCc4cc(-c5cc(C)ccc5-n5cnnn5)cc(=O)n43)[nH]c2C)cc1. The first-order chi connectivity index (χ1) is 20.4. The topological polar surface area (TPSA) is 142 Å². The van der Waals surface area contributed by atoms with Crippen molar-refractivity contribution in [1.29, 1.82) is 0 Å². The summed E-state index contributed by atoms with van der Waals surface area (Å²) in [5.74, 6) is 0.741. The quantitative estimate of drug-likeness (QED) is 0.266. The van der Waals surface area contributed by atoms with Gasteiger partial charge in [-0.25, -0.2) is 9.78 Å². The lowest BCUT2D eigenvalue weighted by Crippen LogP contribution is -2.24. The Bertz CT molecular complexity index is 1790. The van der Waals surface area contributed by atoms with Gasteiger partial charge in [-0.15, -0.1) is 5.10 Å². The number of hydrogen-bond acceptors (Lipinski definition) is 8. The summed E-state index contributed by atoms with van der Waals surface area (Å²) >= 11 is 0. The molecule has 42 heavy (non-hydrogen) atoms. The highest BCUT2D eigenvalue weighted by Crippen LogP contribution is 2.34. The van der Waals surface area contributed by atoms with Crippen molar-refractivity contribution in [3.63, 3.8) is 0 Å². The summed E-state index contributed by atoms with van der Waals surface area (Å²) < 4.78 is 13.4. The van der Waals surface area contributed by atoms with E-state index in [4.69, 9.17) is 14.5 Å². The second-order valence-corrected chi connectivity index (χ2v) is 10.2. The smallest absolute Gasteiger partial charge is 0.411 e. The van der Waals surface area contributed by atoms with Gasteiger partial charge in [0.15, 0.2) is 0 Å². The van der Waals surface area contributed by atoms with E-state index < -0.39 is 6.09 Å². The van der Waals surface area contributed by atoms with Gasteiger partial charge >= 0.3 is 6.09 Å². The molecular formula is C30H30N8O4. The number of nitrogens with one attached hydrogen (secondary N) is 2. The monoisotopic (exact) mass is 566 g/mol. The Morgan fingerprint density at radius 2 is 1.90 bits per heavy atom. The maximum absolute atomic E-state index is 13.6. The number of nitrogens with zero attached hydrogens (tertiary/aromatic N) is 6. The van der Waals surface area contributed by atoms with Gasteiger partial charge in [0, 0.05) is 41.4 Å². The Morgan fingerprint density at radius 1 is 1.07 bits per heavy atom. The normalized spacial score (nSPS) is 14.1. The first-order valence-electron chi connectivity index (χ1n) is 13.6. The second-order valence-electron chi connectivity index (χ2n) is 10.2. The summed E-state index contributed by atoms with van der Waals surface area (Å²) in [6, 6.07) is 16.9. The average molecular weight is 567 g/mol. The van der Waals surface area contributed by atoms with E-state index in [1.54, 1.807) is 36.3 Å². The van der Waals surface area contributed by atoms with Gasteiger partial charge in [0.05, 0.1) is 24.0 Å². The fourth-order valence-corrected chi connectivity index (χ4v) is 5.37. The fourth-order valence-electron chi connectivity index (χ4n) is 5.37. The lowest BCUT2D eigenvalue weighted by molar-refractivity contribution is 0.107. The van der Waals surface area contributed by atoms with E-state index in [9.17, 15) is 9.59 Å². The summed E-state index contributed by atoms with van der Waals surface area (Å²) in [5, 5.41) is 14.3. The van der Waals surface area contributed by atoms with Gasteiger partial charge in [0.2, 0.25) is 0 Å². The highest BCUT2D eigenvalue weighted by Gasteiger charge is 2.29. The largest absolute Gasteiger partial charge is 0.447 e. The predicted molar refractivity (Wildman–Crippen MR) is 156 cm³/mol. The molecule has 0 radical (unpaired) electrons. The Labute approximate surface area is 241 Å². The molecule has 2 aromatic carbocycles. The van der Waals surface area contributed by atoms with Crippen LogP contribution >= 0.6 is 0 Å². The molecule has 0 fully saturated rings. The van der Waals surface area contributed by atoms with Crippen LogP contribution in [0, 0.1) is 13.8 Å². The summed E-state index contributed by atoms with van der Waals surface area (Å²) in [4.78, 5) is 33.8. The number of benzene rings is 2. The van der Waals surface area contributed by atoms with E-state index in [-0.39, 0.29) is 18.2 Å². The number of hydrogen-bond donors (Lipinski definition) is 2. The van der Waals surface area contributed by atoms with Crippen molar-refractivity contribution >= 4 is 11.8 Å². The second kappa shape index (κ2) is 11.4. The molecule has 0 unspecified atom stereocenters. The number of fused-ring (bicyclic) bond motifs is 1. The molecule has 0 spiro atoms. The third kappa shape index (κ3) is 5.31. The molecule has 0 saturated carbocycles. The number of anilines is 1. The van der Waals surface area contributed by atoms with Crippen LogP contribution in [0.2, 0.25) is 0 Å². The van der Waals surface area contributed by atoms with Gasteiger partial charge in [0.1, 0.15) is 18.8 Å². The fraction of sp³-hybridized carbons (Fsp3) is 0.267. The van der Waals surface area contributed by atoms with Crippen molar-refractivity contribution in [3.8, 4) is 28.1 Å². The Kier molecular flexibility index (Phi) is 7.36. The minimum absolute atomic E-state index is 0.0856. The van der Waals surface area contributed by atoms with E-state index >= 15 is 0 Å². The maximum atomic E-state index is 13.6. The minimum Gasteiger partial charge on any atom is -0.447 e. The molecule has 12 nitrogen and oxygen atoms in total. The number of pyridine rings is 1. The molecule has 5 aromatic rings. The number of imidazole rings is 1. The summed E-state index contributed by atoms with van der Waals surface area (Å²) in [5.41, 5.74) is 7.66. The van der Waals surface area contributed by atoms with Gasteiger partial charge in [-0.05, 0) is 73.0 Å². The number of rotatable bonds is 8. The number of H-pyrrole nitrogens is 1. The lowest BCUT2D eigenvalue weighted by atomic mass is 10.0. The number of aromatic amines is 1. The zero-order valence-corrected chi connectivity index (χ0v) is 23.5. The number of aryl methyl sites for hydroxylation is 3. The number of tetrazole rings is 1. The zero-order valence-electron chi connectivity index (χ0n) is 23.5. The molecule has 0 saturated heterocycles. The van der Waals surface area contributed by atoms with E-state index in [2.05, 4.69) is 31.9 Å². The Morgan fingerprint density at radius 3 is 2.67 bits per heavy atom. The van der Waals surface area contributed by atoms with Crippen molar-refractivity contribution in [2.75, 3.05) is 25.6 Å². The number of ether oxygens (including phenoxy) is 2. The number of carbonyl (C=O) groups excluding carboxylic acids is 1. The highest BCUT2D eigenvalue weighted by atomic mass is 16.6. The molecule has 6 rings (SSSR count). The predicted octanol–water partition coefficient (Wildman–Crippen LogP) is 4.23. The molecule has 3 aromatic heterocycles. The van der Waals surface area contributed by atoms with Crippen molar-refractivity contribution in [2.45, 2.75) is 32.7 Å². The number of aromatic nitrogens is 7. The van der Waals surface area contributed by atoms with Gasteiger partial charge in [-0.2, -0.15) is 4.68 Å². The summed E-state index contributed by atoms with van der Waals surface area (Å²) in [7, 11) is 1.55. The molecule has 0 bridgehead atoms. The van der Waals surface area contributed by atoms with Gasteiger partial charge in [-0.3, -0.25) is 10.1 Å². The van der Waals surface area contributed by atoms with Crippen LogP contribution in [-0.4, -0.2) is 61.2 Å². The molecule has 1 aliphatic rings. The Balaban J connectivity index is 1.25. The van der Waals surface area contributed by atoms with Gasteiger partial charge in [-0.1, -0.05) is 23.8 Å². The number of carbonyl (C=O) groups is 1. The lowest BCUT2D eigenvalue weighted by Gasteiger charge is -2.15. The van der Waals surface area contributed by atoms with E-state index in [1.165, 1.54) is 0 Å². The first kappa shape index (κ1) is 27.1. The zero-order chi connectivity index (χ0) is 29.2. The molecule has 0 aliphatic carbocycles. The van der Waals surface area contributed by atoms with Gasteiger partial charge < -0.3 is 19.0 Å². The van der Waals surface area contributed by atoms with E-state index in [0.717, 1.165) is 63.7 Å². The minimum atomic E-state index is -0.541. The summed E-state index contributed by atoms with van der Waals surface area (Å²) in [6.45, 7) is 4.49. The molecular weight excluding hydrogens is 536 g/mol. The van der Waals surface area contributed by atoms with Crippen molar-refractivity contribution < 1.29 is 14.3 Å². The third-order valence-electron chi connectivity index (χ3n) is 7.34. The van der Waals surface area contributed by atoms with Crippen LogP contribution in [-0.2, 0) is 15.9 Å². The number of amides is 1. The van der Waals surface area contributed by atoms with Crippen molar-refractivity contribution in [3.05, 3.63) is 94.1 Å². The third-order valence-corrected chi connectivity index (χ3v) is 7.34. The number of methoxy groups -OCH3 is 1. The molecule has 12 heteroatoms. The van der Waals surface area contributed by atoms with E-state index in [0.29, 0.717) is 12.3 Å². The van der Waals surface area contributed by atoms with Crippen LogP contribution < -0.4 is 10.9 Å². The molecule has 2 N–H and O–H groups in total. The van der Waals surface area contributed by atoms with Crippen molar-refractivity contribution in [2.24, 2.45) is 0 Å². The van der Waals surface area contributed by atoms with Crippen LogP contribution in [0.4, 0.5) is 10.5 Å². The first-order valence-corrected chi connectivity index (χ1v) is 13.6. The molecule has 1 atom stereocenters. The van der Waals surface area contributed by atoms with Crippen LogP contribution in [0.3, 0.4) is 0 Å².